The topological polar surface area (TPSA) is 45.7 Å². The Labute approximate surface area is 149 Å². The minimum absolute atomic E-state index is 0.223. The Morgan fingerprint density at radius 1 is 1.16 bits per heavy atom. The van der Waals surface area contributed by atoms with Gasteiger partial charge in [-0.15, -0.1) is 0 Å². The van der Waals surface area contributed by atoms with Gasteiger partial charge in [0.1, 0.15) is 5.60 Å². The van der Waals surface area contributed by atoms with Crippen LogP contribution in [0, 0.1) is 0 Å². The van der Waals surface area contributed by atoms with E-state index in [1.807, 2.05) is 27.0 Å². The molecule has 1 fully saturated rings. The van der Waals surface area contributed by atoms with E-state index in [0.717, 1.165) is 30.7 Å². The van der Waals surface area contributed by atoms with Gasteiger partial charge in [0.2, 0.25) is 0 Å². The van der Waals surface area contributed by atoms with Crippen LogP contribution in [0.4, 0.5) is 10.5 Å². The Morgan fingerprint density at radius 3 is 2.52 bits per heavy atom. The smallest absolute Gasteiger partial charge is 0.410 e. The SMILES string of the molecule is CCc1cnc2cc(N3CCN(C(=O)OC(C)(C)C)CC3)ccc2c1. The fourth-order valence-corrected chi connectivity index (χ4v) is 3.02. The summed E-state index contributed by atoms with van der Waals surface area (Å²) in [7, 11) is 0. The number of anilines is 1. The van der Waals surface area contributed by atoms with Gasteiger partial charge in [-0.2, -0.15) is 0 Å². The molecule has 25 heavy (non-hydrogen) atoms. The predicted octanol–water partition coefficient (Wildman–Crippen LogP) is 3.85. The Kier molecular flexibility index (Phi) is 4.84. The molecule has 0 radical (unpaired) electrons. The highest BCUT2D eigenvalue weighted by atomic mass is 16.6. The number of amides is 1. The van der Waals surface area contributed by atoms with E-state index in [4.69, 9.17) is 4.74 Å². The van der Waals surface area contributed by atoms with Crippen LogP contribution in [0.3, 0.4) is 0 Å². The van der Waals surface area contributed by atoms with Crippen LogP contribution in [0.1, 0.15) is 33.3 Å². The number of piperazine rings is 1. The molecule has 5 heteroatoms. The van der Waals surface area contributed by atoms with Gasteiger partial charge in [-0.25, -0.2) is 4.79 Å². The van der Waals surface area contributed by atoms with Crippen molar-refractivity contribution in [2.45, 2.75) is 39.7 Å². The van der Waals surface area contributed by atoms with Gasteiger partial charge in [-0.1, -0.05) is 13.0 Å². The average molecular weight is 341 g/mol. The molecule has 0 spiro atoms. The van der Waals surface area contributed by atoms with Crippen LogP contribution in [0.25, 0.3) is 10.9 Å². The summed E-state index contributed by atoms with van der Waals surface area (Å²) < 4.78 is 5.46. The van der Waals surface area contributed by atoms with E-state index in [1.54, 1.807) is 4.90 Å². The zero-order valence-electron chi connectivity index (χ0n) is 15.6. The molecule has 1 aliphatic heterocycles. The van der Waals surface area contributed by atoms with Gasteiger partial charge in [-0.05, 0) is 51.0 Å². The Morgan fingerprint density at radius 2 is 1.88 bits per heavy atom. The molecule has 3 rings (SSSR count). The molecule has 0 atom stereocenters. The maximum absolute atomic E-state index is 12.2. The van der Waals surface area contributed by atoms with Crippen LogP contribution < -0.4 is 4.90 Å². The summed E-state index contributed by atoms with van der Waals surface area (Å²) in [5, 5.41) is 1.18. The molecule has 2 aromatic rings. The summed E-state index contributed by atoms with van der Waals surface area (Å²) >= 11 is 0. The van der Waals surface area contributed by atoms with E-state index in [0.29, 0.717) is 13.1 Å². The third kappa shape index (κ3) is 4.21. The molecule has 1 saturated heterocycles. The van der Waals surface area contributed by atoms with E-state index in [1.165, 1.54) is 10.9 Å². The summed E-state index contributed by atoms with van der Waals surface area (Å²) in [5.41, 5.74) is 2.99. The van der Waals surface area contributed by atoms with Crippen molar-refractivity contribution in [1.82, 2.24) is 9.88 Å². The first-order valence-electron chi connectivity index (χ1n) is 8.97. The number of hydrogen-bond acceptors (Lipinski definition) is 4. The summed E-state index contributed by atoms with van der Waals surface area (Å²) in [6.45, 7) is 10.8. The molecule has 2 heterocycles. The fraction of sp³-hybridized carbons (Fsp3) is 0.500. The first-order chi connectivity index (χ1) is 11.9. The van der Waals surface area contributed by atoms with Gasteiger partial charge >= 0.3 is 6.09 Å². The highest BCUT2D eigenvalue weighted by molar-refractivity contribution is 5.83. The van der Waals surface area contributed by atoms with Crippen LogP contribution in [0.2, 0.25) is 0 Å². The molecule has 1 aromatic carbocycles. The lowest BCUT2D eigenvalue weighted by Gasteiger charge is -2.36. The highest BCUT2D eigenvalue weighted by Crippen LogP contribution is 2.23. The lowest BCUT2D eigenvalue weighted by atomic mass is 10.1. The summed E-state index contributed by atoms with van der Waals surface area (Å²) in [5.74, 6) is 0. The highest BCUT2D eigenvalue weighted by Gasteiger charge is 2.26. The zero-order chi connectivity index (χ0) is 18.0. The maximum Gasteiger partial charge on any atom is 0.410 e. The third-order valence-corrected chi connectivity index (χ3v) is 4.43. The first-order valence-corrected chi connectivity index (χ1v) is 8.97. The standard InChI is InChI=1S/C20H27N3O2/c1-5-15-12-16-6-7-17(13-18(16)21-14-15)22-8-10-23(11-9-22)19(24)25-20(2,3)4/h6-7,12-14H,5,8-11H2,1-4H3. The molecule has 1 amide bonds. The Balaban J connectivity index is 1.66. The van der Waals surface area contributed by atoms with Crippen LogP contribution in [0.15, 0.2) is 30.5 Å². The molecule has 1 aromatic heterocycles. The molecule has 5 nitrogen and oxygen atoms in total. The normalized spacial score (nSPS) is 15.5. The minimum Gasteiger partial charge on any atom is -0.444 e. The largest absolute Gasteiger partial charge is 0.444 e. The average Bonchev–Trinajstić information content (AvgIpc) is 2.59. The van der Waals surface area contributed by atoms with Crippen LogP contribution in [-0.4, -0.2) is 47.8 Å². The van der Waals surface area contributed by atoms with Crippen molar-refractivity contribution in [3.63, 3.8) is 0 Å². The van der Waals surface area contributed by atoms with Crippen LogP contribution in [0.5, 0.6) is 0 Å². The predicted molar refractivity (Wildman–Crippen MR) is 101 cm³/mol. The molecular weight excluding hydrogens is 314 g/mol. The van der Waals surface area contributed by atoms with Gasteiger partial charge in [0, 0.05) is 43.4 Å². The monoisotopic (exact) mass is 341 g/mol. The van der Waals surface area contributed by atoms with E-state index in [2.05, 4.69) is 41.1 Å². The Bertz CT molecular complexity index is 759. The second-order valence-corrected chi connectivity index (χ2v) is 7.53. The molecular formula is C20H27N3O2. The van der Waals surface area contributed by atoms with Gasteiger partial charge < -0.3 is 14.5 Å². The second-order valence-electron chi connectivity index (χ2n) is 7.53. The van der Waals surface area contributed by atoms with Crippen molar-refractivity contribution in [1.29, 1.82) is 0 Å². The number of pyridine rings is 1. The lowest BCUT2D eigenvalue weighted by Crippen LogP contribution is -2.50. The van der Waals surface area contributed by atoms with Gasteiger partial charge in [0.15, 0.2) is 0 Å². The number of rotatable bonds is 2. The number of carbonyl (C=O) groups is 1. The quantitative estimate of drug-likeness (QED) is 0.832. The van der Waals surface area contributed by atoms with E-state index >= 15 is 0 Å². The van der Waals surface area contributed by atoms with Crippen molar-refractivity contribution in [2.24, 2.45) is 0 Å². The number of ether oxygens (including phenoxy) is 1. The van der Waals surface area contributed by atoms with Gasteiger partial charge in [0.05, 0.1) is 5.52 Å². The maximum atomic E-state index is 12.2. The lowest BCUT2D eigenvalue weighted by molar-refractivity contribution is 0.0240. The molecule has 1 aliphatic rings. The summed E-state index contributed by atoms with van der Waals surface area (Å²) in [6, 6.07) is 8.62. The number of benzene rings is 1. The molecule has 0 unspecified atom stereocenters. The molecule has 0 N–H and O–H groups in total. The molecule has 134 valence electrons. The number of carbonyl (C=O) groups excluding carboxylic acids is 1. The summed E-state index contributed by atoms with van der Waals surface area (Å²) in [4.78, 5) is 20.8. The number of nitrogens with zero attached hydrogens (tertiary/aromatic N) is 3. The number of hydrogen-bond donors (Lipinski definition) is 0. The Hall–Kier alpha value is -2.30. The molecule has 0 saturated carbocycles. The van der Waals surface area contributed by atoms with Crippen molar-refractivity contribution < 1.29 is 9.53 Å². The minimum atomic E-state index is -0.449. The van der Waals surface area contributed by atoms with E-state index < -0.39 is 5.60 Å². The van der Waals surface area contributed by atoms with Gasteiger partial charge in [-0.3, -0.25) is 4.98 Å². The van der Waals surface area contributed by atoms with Gasteiger partial charge in [0.25, 0.3) is 0 Å². The summed E-state index contributed by atoms with van der Waals surface area (Å²) in [6.07, 6.45) is 2.73. The van der Waals surface area contributed by atoms with Crippen molar-refractivity contribution in [3.05, 3.63) is 36.0 Å². The molecule has 0 bridgehead atoms. The molecule has 0 aliphatic carbocycles. The third-order valence-electron chi connectivity index (χ3n) is 4.43. The second kappa shape index (κ2) is 6.90. The van der Waals surface area contributed by atoms with Crippen LogP contribution >= 0.6 is 0 Å². The number of aryl methyl sites for hydroxylation is 1. The number of aromatic nitrogens is 1. The first kappa shape index (κ1) is 17.5. The van der Waals surface area contributed by atoms with E-state index in [9.17, 15) is 4.79 Å². The van der Waals surface area contributed by atoms with Crippen molar-refractivity contribution in [2.75, 3.05) is 31.1 Å². The van der Waals surface area contributed by atoms with E-state index in [-0.39, 0.29) is 6.09 Å². The van der Waals surface area contributed by atoms with Crippen LogP contribution in [-0.2, 0) is 11.2 Å². The van der Waals surface area contributed by atoms with Crippen molar-refractivity contribution >= 4 is 22.7 Å². The fourth-order valence-electron chi connectivity index (χ4n) is 3.02. The van der Waals surface area contributed by atoms with Crippen molar-refractivity contribution in [3.8, 4) is 0 Å². The number of fused-ring (bicyclic) bond motifs is 1. The zero-order valence-corrected chi connectivity index (χ0v) is 15.6.